The molecule has 0 fully saturated rings. The Kier molecular flexibility index (Phi) is 2.88. The molecule has 1 aromatic carbocycles. The Bertz CT molecular complexity index is 384. The molecule has 0 saturated carbocycles. The minimum absolute atomic E-state index is 0.0911. The van der Waals surface area contributed by atoms with Crippen LogP contribution in [0.25, 0.3) is 0 Å². The Balaban J connectivity index is 3.16. The largest absolute Gasteiger partial charge is 0.472 e. The number of halogens is 2. The lowest BCUT2D eigenvalue weighted by atomic mass is 10.2. The van der Waals surface area contributed by atoms with E-state index >= 15 is 0 Å². The zero-order valence-corrected chi connectivity index (χ0v) is 7.10. The first-order chi connectivity index (χ1) is 6.11. The van der Waals surface area contributed by atoms with Crippen LogP contribution in [0.5, 0.6) is 0 Å². The quantitative estimate of drug-likeness (QED) is 0.647. The van der Waals surface area contributed by atoms with Gasteiger partial charge in [-0.05, 0) is 12.1 Å². The van der Waals surface area contributed by atoms with Gasteiger partial charge < -0.3 is 5.11 Å². The number of aliphatic carboxylic acids is 1. The van der Waals surface area contributed by atoms with Gasteiger partial charge in [-0.2, -0.15) is 0 Å². The van der Waals surface area contributed by atoms with Crippen molar-refractivity contribution in [3.8, 4) is 11.8 Å². The van der Waals surface area contributed by atoms with Gasteiger partial charge in [-0.15, -0.1) is 0 Å². The van der Waals surface area contributed by atoms with E-state index in [2.05, 4.69) is 5.92 Å². The minimum atomic E-state index is -1.32. The van der Waals surface area contributed by atoms with Gasteiger partial charge >= 0.3 is 5.97 Å². The Morgan fingerprint density at radius 3 is 2.77 bits per heavy atom. The second kappa shape index (κ2) is 3.92. The molecule has 0 unspecified atom stereocenters. The number of hydrogen-bond acceptors (Lipinski definition) is 1. The summed E-state index contributed by atoms with van der Waals surface area (Å²) in [5, 5.41) is 8.32. The van der Waals surface area contributed by atoms with Crippen LogP contribution in [0.15, 0.2) is 18.2 Å². The Labute approximate surface area is 79.0 Å². The van der Waals surface area contributed by atoms with Gasteiger partial charge in [0.2, 0.25) is 0 Å². The normalized spacial score (nSPS) is 8.77. The fourth-order valence-corrected chi connectivity index (χ4v) is 0.943. The molecule has 0 spiro atoms. The average molecular weight is 199 g/mol. The number of rotatable bonds is 0. The second-order valence-corrected chi connectivity index (χ2v) is 2.56. The number of carboxylic acid groups (broad SMARTS) is 1. The van der Waals surface area contributed by atoms with E-state index < -0.39 is 11.8 Å². The summed E-state index contributed by atoms with van der Waals surface area (Å²) in [6, 6.07) is 4.03. The number of benzene rings is 1. The van der Waals surface area contributed by atoms with Crippen LogP contribution in [-0.2, 0) is 4.79 Å². The smallest absolute Gasteiger partial charge is 0.382 e. The second-order valence-electron chi connectivity index (χ2n) is 2.15. The Morgan fingerprint density at radius 2 is 2.23 bits per heavy atom. The van der Waals surface area contributed by atoms with Crippen molar-refractivity contribution in [2.45, 2.75) is 0 Å². The SMILES string of the molecule is O=C(O)C#Cc1c(F)cccc1Cl. The summed E-state index contributed by atoms with van der Waals surface area (Å²) in [7, 11) is 0. The van der Waals surface area contributed by atoms with Gasteiger partial charge in [-0.1, -0.05) is 23.6 Å². The maximum Gasteiger partial charge on any atom is 0.382 e. The van der Waals surface area contributed by atoms with Gasteiger partial charge in [0.05, 0.1) is 10.6 Å². The van der Waals surface area contributed by atoms with Gasteiger partial charge in [0.1, 0.15) is 5.82 Å². The Hall–Kier alpha value is -1.53. The van der Waals surface area contributed by atoms with Crippen LogP contribution in [0.3, 0.4) is 0 Å². The summed E-state index contributed by atoms with van der Waals surface area (Å²) in [6.07, 6.45) is 0. The highest BCUT2D eigenvalue weighted by molar-refractivity contribution is 6.31. The lowest BCUT2D eigenvalue weighted by Gasteiger charge is -1.95. The lowest BCUT2D eigenvalue weighted by molar-refractivity contribution is -0.130. The third-order valence-electron chi connectivity index (χ3n) is 1.26. The molecule has 0 aliphatic carbocycles. The Morgan fingerprint density at radius 1 is 1.54 bits per heavy atom. The predicted octanol–water partition coefficient (Wildman–Crippen LogP) is 1.92. The van der Waals surface area contributed by atoms with Gasteiger partial charge in [0.15, 0.2) is 0 Å². The summed E-state index contributed by atoms with van der Waals surface area (Å²) in [5.41, 5.74) is -0.0911. The summed E-state index contributed by atoms with van der Waals surface area (Å²) >= 11 is 5.58. The van der Waals surface area contributed by atoms with Crippen molar-refractivity contribution in [1.82, 2.24) is 0 Å². The summed E-state index contributed by atoms with van der Waals surface area (Å²) in [6.45, 7) is 0. The number of carbonyl (C=O) groups is 1. The van der Waals surface area contributed by atoms with Crippen LogP contribution in [0.4, 0.5) is 4.39 Å². The fourth-order valence-electron chi connectivity index (χ4n) is 0.733. The topological polar surface area (TPSA) is 37.3 Å². The van der Waals surface area contributed by atoms with Crippen LogP contribution >= 0.6 is 11.6 Å². The van der Waals surface area contributed by atoms with Gasteiger partial charge in [0.25, 0.3) is 0 Å². The van der Waals surface area contributed by atoms with Crippen molar-refractivity contribution in [3.63, 3.8) is 0 Å². The van der Waals surface area contributed by atoms with E-state index in [-0.39, 0.29) is 10.6 Å². The fraction of sp³-hybridized carbons (Fsp3) is 0. The van der Waals surface area contributed by atoms with E-state index in [4.69, 9.17) is 16.7 Å². The lowest BCUT2D eigenvalue weighted by Crippen LogP contribution is -1.89. The van der Waals surface area contributed by atoms with Crippen molar-refractivity contribution in [2.24, 2.45) is 0 Å². The molecule has 1 N–H and O–H groups in total. The van der Waals surface area contributed by atoms with Gasteiger partial charge in [-0.25, -0.2) is 9.18 Å². The van der Waals surface area contributed by atoms with Crippen LogP contribution in [-0.4, -0.2) is 11.1 Å². The van der Waals surface area contributed by atoms with Crippen molar-refractivity contribution in [3.05, 3.63) is 34.6 Å². The molecule has 0 aliphatic heterocycles. The van der Waals surface area contributed by atoms with Crippen molar-refractivity contribution in [2.75, 3.05) is 0 Å². The molecule has 66 valence electrons. The predicted molar refractivity (Wildman–Crippen MR) is 45.9 cm³/mol. The standard InChI is InChI=1S/C9H4ClFO2/c10-7-2-1-3-8(11)6(7)4-5-9(12)13/h1-3H,(H,12,13). The third-order valence-corrected chi connectivity index (χ3v) is 1.57. The molecule has 13 heavy (non-hydrogen) atoms. The van der Waals surface area contributed by atoms with Crippen LogP contribution in [0.2, 0.25) is 5.02 Å². The van der Waals surface area contributed by atoms with Crippen molar-refractivity contribution < 1.29 is 14.3 Å². The first-order valence-corrected chi connectivity index (χ1v) is 3.68. The molecule has 4 heteroatoms. The molecule has 0 bridgehead atoms. The minimum Gasteiger partial charge on any atom is -0.472 e. The molecule has 0 aromatic heterocycles. The summed E-state index contributed by atoms with van der Waals surface area (Å²) in [4.78, 5) is 10.1. The maximum atomic E-state index is 12.9. The molecule has 0 amide bonds. The molecular weight excluding hydrogens is 195 g/mol. The molecule has 1 rings (SSSR count). The van der Waals surface area contributed by atoms with E-state index in [1.54, 1.807) is 5.92 Å². The highest BCUT2D eigenvalue weighted by Gasteiger charge is 2.02. The molecule has 2 nitrogen and oxygen atoms in total. The first-order valence-electron chi connectivity index (χ1n) is 3.30. The third kappa shape index (κ3) is 2.46. The van der Waals surface area contributed by atoms with Gasteiger partial charge in [-0.3, -0.25) is 0 Å². The molecule has 0 atom stereocenters. The maximum absolute atomic E-state index is 12.9. The van der Waals surface area contributed by atoms with Crippen LogP contribution in [0, 0.1) is 17.7 Å². The van der Waals surface area contributed by atoms with E-state index in [0.717, 1.165) is 6.07 Å². The number of hydrogen-bond donors (Lipinski definition) is 1. The monoisotopic (exact) mass is 198 g/mol. The highest BCUT2D eigenvalue weighted by atomic mass is 35.5. The van der Waals surface area contributed by atoms with E-state index in [1.165, 1.54) is 12.1 Å². The highest BCUT2D eigenvalue weighted by Crippen LogP contribution is 2.17. The molecule has 0 radical (unpaired) electrons. The molecule has 0 saturated heterocycles. The van der Waals surface area contributed by atoms with Crippen molar-refractivity contribution in [1.29, 1.82) is 0 Å². The van der Waals surface area contributed by atoms with Crippen LogP contribution < -0.4 is 0 Å². The summed E-state index contributed by atoms with van der Waals surface area (Å²) in [5.74, 6) is 1.97. The molecular formula is C9H4ClFO2. The summed E-state index contributed by atoms with van der Waals surface area (Å²) < 4.78 is 12.9. The zero-order chi connectivity index (χ0) is 9.84. The average Bonchev–Trinajstić information content (AvgIpc) is 2.03. The van der Waals surface area contributed by atoms with Gasteiger partial charge in [0, 0.05) is 5.92 Å². The number of carboxylic acids is 1. The molecule has 0 heterocycles. The van der Waals surface area contributed by atoms with E-state index in [9.17, 15) is 9.18 Å². The first kappa shape index (κ1) is 9.56. The molecule has 1 aromatic rings. The van der Waals surface area contributed by atoms with Crippen molar-refractivity contribution >= 4 is 17.6 Å². The van der Waals surface area contributed by atoms with E-state index in [1.807, 2.05) is 0 Å². The van der Waals surface area contributed by atoms with Crippen LogP contribution in [0.1, 0.15) is 5.56 Å². The molecule has 0 aliphatic rings. The van der Waals surface area contributed by atoms with E-state index in [0.29, 0.717) is 0 Å². The zero-order valence-electron chi connectivity index (χ0n) is 6.34.